The van der Waals surface area contributed by atoms with Gasteiger partial charge >= 0.3 is 6.18 Å². The highest BCUT2D eigenvalue weighted by molar-refractivity contribution is 5.77. The van der Waals surface area contributed by atoms with E-state index in [1.807, 2.05) is 0 Å². The zero-order valence-corrected chi connectivity index (χ0v) is 6.44. The lowest BCUT2D eigenvalue weighted by Gasteiger charge is -2.09. The molecule has 2 N–H and O–H groups in total. The molecule has 0 bridgehead atoms. The number of hydrogen-bond acceptors (Lipinski definition) is 1. The van der Waals surface area contributed by atoms with Gasteiger partial charge in [0.15, 0.2) is 0 Å². The van der Waals surface area contributed by atoms with Gasteiger partial charge in [0.05, 0.1) is 18.3 Å². The van der Waals surface area contributed by atoms with E-state index in [9.17, 15) is 13.2 Å². The predicted molar refractivity (Wildman–Crippen MR) is 37.4 cm³/mol. The number of rotatable bonds is 2. The van der Waals surface area contributed by atoms with Crippen molar-refractivity contribution in [3.05, 3.63) is 0 Å². The highest BCUT2D eigenvalue weighted by Gasteiger charge is 2.29. The van der Waals surface area contributed by atoms with Gasteiger partial charge in [0.1, 0.15) is 0 Å². The molecule has 0 fully saturated rings. The van der Waals surface area contributed by atoms with Crippen LogP contribution in [-0.2, 0) is 0 Å². The van der Waals surface area contributed by atoms with Crippen molar-refractivity contribution in [1.82, 2.24) is 0 Å². The first-order valence-corrected chi connectivity index (χ1v) is 3.18. The Hall–Kier alpha value is -0.740. The number of alkyl halides is 3. The van der Waals surface area contributed by atoms with Crippen LogP contribution in [0.15, 0.2) is 4.99 Å². The number of nitrogens with zero attached hydrogens (tertiary/aromatic N) is 1. The van der Waals surface area contributed by atoms with Gasteiger partial charge in [-0.2, -0.15) is 13.2 Å². The molecule has 5 heteroatoms. The molecule has 0 saturated heterocycles. The molecule has 1 unspecified atom stereocenters. The van der Waals surface area contributed by atoms with E-state index in [0.717, 1.165) is 0 Å². The fourth-order valence-electron chi connectivity index (χ4n) is 0.728. The fourth-order valence-corrected chi connectivity index (χ4v) is 0.728. The van der Waals surface area contributed by atoms with Crippen molar-refractivity contribution < 1.29 is 13.2 Å². The second kappa shape index (κ2) is 3.59. The largest absolute Gasteiger partial charge is 0.391 e. The molecule has 0 saturated carbocycles. The third kappa shape index (κ3) is 7.15. The average Bonchev–Trinajstić information content (AvgIpc) is 1.53. The number of halogens is 3. The van der Waals surface area contributed by atoms with Gasteiger partial charge in [-0.15, -0.1) is 0 Å². The van der Waals surface area contributed by atoms with Crippen LogP contribution in [0, 0.1) is 0 Å². The van der Waals surface area contributed by atoms with Gasteiger partial charge in [-0.25, -0.2) is 0 Å². The van der Waals surface area contributed by atoms with Crippen LogP contribution >= 0.6 is 0 Å². The van der Waals surface area contributed by atoms with Crippen molar-refractivity contribution in [2.45, 2.75) is 32.5 Å². The van der Waals surface area contributed by atoms with Gasteiger partial charge in [0.25, 0.3) is 0 Å². The molecule has 1 atom stereocenters. The van der Waals surface area contributed by atoms with E-state index in [4.69, 9.17) is 5.73 Å². The van der Waals surface area contributed by atoms with Crippen molar-refractivity contribution in [2.24, 2.45) is 10.7 Å². The number of nitrogens with two attached hydrogens (primary N) is 1. The molecule has 0 spiro atoms. The van der Waals surface area contributed by atoms with Crippen LogP contribution in [0.1, 0.15) is 20.3 Å². The molecule has 11 heavy (non-hydrogen) atoms. The fraction of sp³-hybridized carbons (Fsp3) is 0.833. The van der Waals surface area contributed by atoms with E-state index in [2.05, 4.69) is 4.99 Å². The number of hydrogen-bond donors (Lipinski definition) is 1. The normalized spacial score (nSPS) is 16.6. The summed E-state index contributed by atoms with van der Waals surface area (Å²) < 4.78 is 34.9. The molecule has 0 aromatic rings. The van der Waals surface area contributed by atoms with E-state index < -0.39 is 18.6 Å². The van der Waals surface area contributed by atoms with Gasteiger partial charge in [-0.3, -0.25) is 4.99 Å². The summed E-state index contributed by atoms with van der Waals surface area (Å²) in [5.41, 5.74) is 5.09. The summed E-state index contributed by atoms with van der Waals surface area (Å²) >= 11 is 0. The Morgan fingerprint density at radius 1 is 1.55 bits per heavy atom. The van der Waals surface area contributed by atoms with E-state index in [1.165, 1.54) is 13.8 Å². The second-order valence-corrected chi connectivity index (χ2v) is 2.44. The summed E-state index contributed by atoms with van der Waals surface area (Å²) in [4.78, 5) is 3.54. The molecule has 0 aliphatic rings. The summed E-state index contributed by atoms with van der Waals surface area (Å²) in [5.74, 6) is 0.182. The maximum absolute atomic E-state index is 11.6. The summed E-state index contributed by atoms with van der Waals surface area (Å²) in [6.07, 6.45) is -5.07. The maximum atomic E-state index is 11.6. The highest BCUT2D eigenvalue weighted by atomic mass is 19.4. The monoisotopic (exact) mass is 168 g/mol. The van der Waals surface area contributed by atoms with Crippen LogP contribution in [0.5, 0.6) is 0 Å². The molecular formula is C6H11F3N2. The molecule has 0 heterocycles. The topological polar surface area (TPSA) is 38.4 Å². The molecular weight excluding hydrogens is 157 g/mol. The van der Waals surface area contributed by atoms with Crippen LogP contribution < -0.4 is 5.73 Å². The van der Waals surface area contributed by atoms with Crippen LogP contribution in [0.25, 0.3) is 0 Å². The van der Waals surface area contributed by atoms with Gasteiger partial charge in [0, 0.05) is 0 Å². The van der Waals surface area contributed by atoms with Crippen molar-refractivity contribution >= 4 is 5.84 Å². The molecule has 66 valence electrons. The molecule has 0 aromatic heterocycles. The quantitative estimate of drug-likeness (QED) is 0.494. The van der Waals surface area contributed by atoms with Crippen molar-refractivity contribution in [2.75, 3.05) is 0 Å². The van der Waals surface area contributed by atoms with Gasteiger partial charge in [-0.05, 0) is 13.8 Å². The minimum atomic E-state index is -4.15. The van der Waals surface area contributed by atoms with E-state index in [-0.39, 0.29) is 5.84 Å². The van der Waals surface area contributed by atoms with E-state index in [0.29, 0.717) is 0 Å². The third-order valence-electron chi connectivity index (χ3n) is 0.951. The molecule has 0 aromatic carbocycles. The Kier molecular flexibility index (Phi) is 3.35. The van der Waals surface area contributed by atoms with Crippen LogP contribution in [0.4, 0.5) is 13.2 Å². The first-order chi connectivity index (χ1) is 4.81. The number of aliphatic imine (C=N–C) groups is 1. The first kappa shape index (κ1) is 10.3. The highest BCUT2D eigenvalue weighted by Crippen LogP contribution is 2.22. The number of amidine groups is 1. The van der Waals surface area contributed by atoms with Crippen LogP contribution in [0.2, 0.25) is 0 Å². The summed E-state index contributed by atoms with van der Waals surface area (Å²) in [6, 6.07) is -0.778. The zero-order chi connectivity index (χ0) is 9.07. The van der Waals surface area contributed by atoms with Crippen LogP contribution in [-0.4, -0.2) is 18.1 Å². The lowest BCUT2D eigenvalue weighted by molar-refractivity contribution is -0.137. The van der Waals surface area contributed by atoms with Crippen molar-refractivity contribution in [1.29, 1.82) is 0 Å². The molecule has 0 aliphatic heterocycles. The molecule has 0 rings (SSSR count). The summed E-state index contributed by atoms with van der Waals surface area (Å²) in [6.45, 7) is 2.84. The molecule has 0 amide bonds. The Balaban J connectivity index is 3.89. The Bertz CT molecular complexity index is 146. The Labute approximate surface area is 63.3 Å². The van der Waals surface area contributed by atoms with Crippen LogP contribution in [0.3, 0.4) is 0 Å². The van der Waals surface area contributed by atoms with E-state index >= 15 is 0 Å². The minimum Gasteiger partial charge on any atom is -0.388 e. The van der Waals surface area contributed by atoms with E-state index in [1.54, 1.807) is 0 Å². The second-order valence-electron chi connectivity index (χ2n) is 2.44. The Morgan fingerprint density at radius 3 is 2.27 bits per heavy atom. The van der Waals surface area contributed by atoms with Crippen molar-refractivity contribution in [3.8, 4) is 0 Å². The maximum Gasteiger partial charge on any atom is 0.391 e. The lowest BCUT2D eigenvalue weighted by Crippen LogP contribution is -2.18. The van der Waals surface area contributed by atoms with Gasteiger partial charge < -0.3 is 5.73 Å². The lowest BCUT2D eigenvalue weighted by atomic mass is 10.2. The average molecular weight is 168 g/mol. The molecule has 0 radical (unpaired) electrons. The molecule has 0 aliphatic carbocycles. The zero-order valence-electron chi connectivity index (χ0n) is 6.44. The SMILES string of the molecule is CC(N)=NC(C)CC(F)(F)F. The first-order valence-electron chi connectivity index (χ1n) is 3.18. The smallest absolute Gasteiger partial charge is 0.388 e. The third-order valence-corrected chi connectivity index (χ3v) is 0.951. The van der Waals surface area contributed by atoms with Gasteiger partial charge in [0.2, 0.25) is 0 Å². The Morgan fingerprint density at radius 2 is 2.00 bits per heavy atom. The minimum absolute atomic E-state index is 0.182. The predicted octanol–water partition coefficient (Wildman–Crippen LogP) is 1.70. The molecule has 2 nitrogen and oxygen atoms in total. The summed E-state index contributed by atoms with van der Waals surface area (Å²) in [7, 11) is 0. The standard InChI is InChI=1S/C6H11F3N2/c1-4(11-5(2)10)3-6(7,8)9/h4H,3H2,1-2H3,(H2,10,11). The van der Waals surface area contributed by atoms with Gasteiger partial charge in [-0.1, -0.05) is 0 Å². The summed E-state index contributed by atoms with van der Waals surface area (Å²) in [5, 5.41) is 0. The van der Waals surface area contributed by atoms with Crippen molar-refractivity contribution in [3.63, 3.8) is 0 Å².